The molecule has 21 heavy (non-hydrogen) atoms. The molecule has 0 aromatic carbocycles. The van der Waals surface area contributed by atoms with Crippen molar-refractivity contribution in [1.29, 1.82) is 0 Å². The van der Waals surface area contributed by atoms with Gasteiger partial charge in [0.15, 0.2) is 5.96 Å². The number of aliphatic imine (C=N–C) groups is 1. The van der Waals surface area contributed by atoms with Gasteiger partial charge in [-0.25, -0.2) is 4.99 Å². The highest BCUT2D eigenvalue weighted by atomic mass is 127. The topological polar surface area (TPSA) is 102 Å². The number of carbonyl (C=O) groups excluding carboxylic acids is 1. The first-order valence-corrected chi connectivity index (χ1v) is 6.68. The van der Waals surface area contributed by atoms with E-state index in [1.165, 1.54) is 0 Å². The van der Waals surface area contributed by atoms with Gasteiger partial charge in [-0.2, -0.15) is 0 Å². The average molecular weight is 408 g/mol. The van der Waals surface area contributed by atoms with Crippen molar-refractivity contribution in [2.45, 2.75) is 25.5 Å². The Kier molecular flexibility index (Phi) is 8.13. The molecule has 7 nitrogen and oxygen atoms in total. The molecule has 1 saturated heterocycles. The Hall–Kier alpha value is -1.29. The second kappa shape index (κ2) is 9.61. The molecule has 1 aliphatic rings. The van der Waals surface area contributed by atoms with E-state index in [4.69, 9.17) is 14.9 Å². The van der Waals surface area contributed by atoms with E-state index in [1.807, 2.05) is 0 Å². The van der Waals surface area contributed by atoms with Gasteiger partial charge < -0.3 is 25.5 Å². The summed E-state index contributed by atoms with van der Waals surface area (Å²) in [4.78, 5) is 15.5. The maximum absolute atomic E-state index is 11.5. The number of nitrogens with one attached hydrogen (secondary N) is 2. The molecule has 2 rings (SSSR count). The van der Waals surface area contributed by atoms with Crippen LogP contribution in [-0.2, 0) is 16.1 Å². The molecule has 2 heterocycles. The normalized spacial score (nSPS) is 18.1. The fourth-order valence-electron chi connectivity index (χ4n) is 1.89. The van der Waals surface area contributed by atoms with Crippen LogP contribution in [0.25, 0.3) is 0 Å². The van der Waals surface area contributed by atoms with E-state index in [1.54, 1.807) is 18.4 Å². The molecule has 1 amide bonds. The second-order valence-corrected chi connectivity index (χ2v) is 4.57. The summed E-state index contributed by atoms with van der Waals surface area (Å²) in [5, 5.41) is 5.64. The summed E-state index contributed by atoms with van der Waals surface area (Å²) in [6.07, 6.45) is 3.87. The SMILES string of the molecule is I.NC(=NCC(=O)NCc1ccco1)NCC1CCCO1. The molecule has 1 fully saturated rings. The summed E-state index contributed by atoms with van der Waals surface area (Å²) in [6, 6.07) is 3.56. The maximum Gasteiger partial charge on any atom is 0.242 e. The number of hydrogen-bond donors (Lipinski definition) is 3. The highest BCUT2D eigenvalue weighted by molar-refractivity contribution is 14.0. The molecular formula is C13H21IN4O3. The lowest BCUT2D eigenvalue weighted by Gasteiger charge is -2.10. The molecule has 118 valence electrons. The van der Waals surface area contributed by atoms with Crippen molar-refractivity contribution in [2.75, 3.05) is 19.7 Å². The number of ether oxygens (including phenoxy) is 1. The second-order valence-electron chi connectivity index (χ2n) is 4.57. The van der Waals surface area contributed by atoms with Crippen LogP contribution in [0.15, 0.2) is 27.8 Å². The van der Waals surface area contributed by atoms with Crippen LogP contribution in [0.5, 0.6) is 0 Å². The van der Waals surface area contributed by atoms with Crippen molar-refractivity contribution in [1.82, 2.24) is 10.6 Å². The molecule has 0 saturated carbocycles. The Balaban J connectivity index is 0.00000220. The third kappa shape index (κ3) is 6.80. The number of carbonyl (C=O) groups is 1. The molecule has 4 N–H and O–H groups in total. The smallest absolute Gasteiger partial charge is 0.242 e. The van der Waals surface area contributed by atoms with Gasteiger partial charge in [0.25, 0.3) is 0 Å². The Labute approximate surface area is 140 Å². The minimum Gasteiger partial charge on any atom is -0.467 e. The molecule has 0 bridgehead atoms. The van der Waals surface area contributed by atoms with Gasteiger partial charge in [-0.05, 0) is 25.0 Å². The lowest BCUT2D eigenvalue weighted by atomic mass is 10.2. The summed E-state index contributed by atoms with van der Waals surface area (Å²) in [5.74, 6) is 0.753. The molecule has 0 spiro atoms. The van der Waals surface area contributed by atoms with Crippen LogP contribution >= 0.6 is 24.0 Å². The Morgan fingerprint density at radius 2 is 2.33 bits per heavy atom. The van der Waals surface area contributed by atoms with E-state index < -0.39 is 0 Å². The first-order valence-electron chi connectivity index (χ1n) is 6.68. The quantitative estimate of drug-likeness (QED) is 0.364. The molecule has 1 unspecified atom stereocenters. The lowest BCUT2D eigenvalue weighted by molar-refractivity contribution is -0.119. The lowest BCUT2D eigenvalue weighted by Crippen LogP contribution is -2.38. The number of furan rings is 1. The van der Waals surface area contributed by atoms with E-state index >= 15 is 0 Å². The van der Waals surface area contributed by atoms with E-state index in [2.05, 4.69) is 15.6 Å². The number of rotatable bonds is 6. The van der Waals surface area contributed by atoms with Crippen LogP contribution in [0.3, 0.4) is 0 Å². The summed E-state index contributed by atoms with van der Waals surface area (Å²) < 4.78 is 10.5. The molecule has 1 atom stereocenters. The fourth-order valence-corrected chi connectivity index (χ4v) is 1.89. The highest BCUT2D eigenvalue weighted by Crippen LogP contribution is 2.10. The van der Waals surface area contributed by atoms with Crippen LogP contribution in [0.2, 0.25) is 0 Å². The number of halogens is 1. The van der Waals surface area contributed by atoms with Gasteiger partial charge in [-0.15, -0.1) is 24.0 Å². The van der Waals surface area contributed by atoms with Crippen LogP contribution in [0.4, 0.5) is 0 Å². The summed E-state index contributed by atoms with van der Waals surface area (Å²) in [7, 11) is 0. The monoisotopic (exact) mass is 408 g/mol. The zero-order valence-corrected chi connectivity index (χ0v) is 14.0. The molecule has 8 heteroatoms. The van der Waals surface area contributed by atoms with Crippen LogP contribution in [-0.4, -0.2) is 37.7 Å². The molecule has 1 aromatic rings. The number of nitrogens with zero attached hydrogens (tertiary/aromatic N) is 1. The van der Waals surface area contributed by atoms with E-state index in [9.17, 15) is 4.79 Å². The number of hydrogen-bond acceptors (Lipinski definition) is 4. The van der Waals surface area contributed by atoms with Crippen LogP contribution < -0.4 is 16.4 Å². The van der Waals surface area contributed by atoms with Gasteiger partial charge in [-0.1, -0.05) is 0 Å². The molecule has 0 aliphatic carbocycles. The first-order chi connectivity index (χ1) is 9.74. The van der Waals surface area contributed by atoms with Gasteiger partial charge in [0.05, 0.1) is 18.9 Å². The standard InChI is InChI=1S/C13H20N4O3.HI/c14-13(16-8-11-4-2-6-20-11)17-9-12(18)15-7-10-3-1-5-19-10;/h1,3,5,11H,2,4,6-9H2,(H,15,18)(H3,14,16,17);1H. The Bertz CT molecular complexity index is 444. The zero-order chi connectivity index (χ0) is 14.2. The number of amides is 1. The third-order valence-corrected chi connectivity index (χ3v) is 2.97. The molecule has 1 aliphatic heterocycles. The molecule has 1 aromatic heterocycles. The van der Waals surface area contributed by atoms with Gasteiger partial charge >= 0.3 is 0 Å². The Morgan fingerprint density at radius 1 is 1.48 bits per heavy atom. The average Bonchev–Trinajstić information content (AvgIpc) is 3.13. The third-order valence-electron chi connectivity index (χ3n) is 2.97. The van der Waals surface area contributed by atoms with Gasteiger partial charge in [0, 0.05) is 13.2 Å². The van der Waals surface area contributed by atoms with Gasteiger partial charge in [-0.3, -0.25) is 4.79 Å². The van der Waals surface area contributed by atoms with Crippen molar-refractivity contribution in [3.8, 4) is 0 Å². The van der Waals surface area contributed by atoms with Gasteiger partial charge in [0.1, 0.15) is 12.3 Å². The van der Waals surface area contributed by atoms with E-state index in [-0.39, 0.29) is 48.5 Å². The van der Waals surface area contributed by atoms with Crippen molar-refractivity contribution >= 4 is 35.8 Å². The van der Waals surface area contributed by atoms with Crippen molar-refractivity contribution < 1.29 is 13.9 Å². The predicted octanol–water partition coefficient (Wildman–Crippen LogP) is 0.597. The maximum atomic E-state index is 11.5. The number of guanidine groups is 1. The molecule has 0 radical (unpaired) electrons. The largest absolute Gasteiger partial charge is 0.467 e. The van der Waals surface area contributed by atoms with Crippen molar-refractivity contribution in [3.63, 3.8) is 0 Å². The fraction of sp³-hybridized carbons (Fsp3) is 0.538. The van der Waals surface area contributed by atoms with E-state index in [0.29, 0.717) is 18.8 Å². The highest BCUT2D eigenvalue weighted by Gasteiger charge is 2.14. The summed E-state index contributed by atoms with van der Waals surface area (Å²) in [5.41, 5.74) is 5.68. The van der Waals surface area contributed by atoms with Crippen LogP contribution in [0.1, 0.15) is 18.6 Å². The minimum atomic E-state index is -0.205. The van der Waals surface area contributed by atoms with E-state index in [0.717, 1.165) is 19.4 Å². The van der Waals surface area contributed by atoms with Crippen molar-refractivity contribution in [3.05, 3.63) is 24.2 Å². The first kappa shape index (κ1) is 17.8. The number of nitrogens with two attached hydrogens (primary N) is 1. The predicted molar refractivity (Wildman–Crippen MR) is 89.4 cm³/mol. The molecular weight excluding hydrogens is 387 g/mol. The summed E-state index contributed by atoms with van der Waals surface area (Å²) >= 11 is 0. The zero-order valence-electron chi connectivity index (χ0n) is 11.7. The summed E-state index contributed by atoms with van der Waals surface area (Å²) in [6.45, 7) is 1.78. The van der Waals surface area contributed by atoms with Gasteiger partial charge in [0.2, 0.25) is 5.91 Å². The van der Waals surface area contributed by atoms with Crippen molar-refractivity contribution in [2.24, 2.45) is 10.7 Å². The minimum absolute atomic E-state index is 0. The van der Waals surface area contributed by atoms with Crippen LogP contribution in [0, 0.1) is 0 Å². The Morgan fingerprint density at radius 3 is 3.00 bits per heavy atom.